The van der Waals surface area contributed by atoms with Crippen LogP contribution in [0.5, 0.6) is 11.5 Å². The molecule has 26 heavy (non-hydrogen) atoms. The molecule has 2 heterocycles. The van der Waals surface area contributed by atoms with Crippen LogP contribution in [0, 0.1) is 0 Å². The number of carbonyl (C=O) groups is 2. The Kier molecular flexibility index (Phi) is 5.62. The molecule has 1 aromatic carbocycles. The molecule has 0 aliphatic carbocycles. The van der Waals surface area contributed by atoms with Gasteiger partial charge in [-0.3, -0.25) is 4.79 Å². The van der Waals surface area contributed by atoms with Gasteiger partial charge in [0.1, 0.15) is 5.03 Å². The number of hydrogen-bond donors (Lipinski definition) is 1. The molecule has 1 aliphatic heterocycles. The summed E-state index contributed by atoms with van der Waals surface area (Å²) in [5, 5.41) is 3.30. The standard InChI is InChI=1S/C18H18N2O5S/c1-11(25-18(22)13-4-3-7-19-17(13)26-2)16(21)20-9-12-5-6-14-15(8-12)24-10-23-14/h3-8,11H,9-10H2,1-2H3,(H,20,21)/t11-/m1/s1. The molecule has 0 bridgehead atoms. The van der Waals surface area contributed by atoms with Gasteiger partial charge in [0.15, 0.2) is 17.6 Å². The highest BCUT2D eigenvalue weighted by Gasteiger charge is 2.21. The highest BCUT2D eigenvalue weighted by atomic mass is 32.2. The quantitative estimate of drug-likeness (QED) is 0.614. The van der Waals surface area contributed by atoms with Crippen molar-refractivity contribution in [1.82, 2.24) is 10.3 Å². The first kappa shape index (κ1) is 18.1. The predicted octanol–water partition coefficient (Wildman–Crippen LogP) is 2.39. The van der Waals surface area contributed by atoms with Crippen LogP contribution in [0.15, 0.2) is 41.6 Å². The Morgan fingerprint density at radius 3 is 2.92 bits per heavy atom. The lowest BCUT2D eigenvalue weighted by Gasteiger charge is -2.14. The van der Waals surface area contributed by atoms with Crippen molar-refractivity contribution in [3.63, 3.8) is 0 Å². The van der Waals surface area contributed by atoms with Crippen molar-refractivity contribution in [2.45, 2.75) is 24.6 Å². The Morgan fingerprint density at radius 1 is 1.31 bits per heavy atom. The van der Waals surface area contributed by atoms with Gasteiger partial charge in [0.05, 0.1) is 5.56 Å². The summed E-state index contributed by atoms with van der Waals surface area (Å²) in [6.45, 7) is 2.02. The van der Waals surface area contributed by atoms with Gasteiger partial charge in [0.2, 0.25) is 6.79 Å². The summed E-state index contributed by atoms with van der Waals surface area (Å²) in [6, 6.07) is 8.71. The maximum absolute atomic E-state index is 12.3. The molecule has 0 saturated heterocycles. The summed E-state index contributed by atoms with van der Waals surface area (Å²) in [7, 11) is 0. The zero-order valence-corrected chi connectivity index (χ0v) is 15.2. The van der Waals surface area contributed by atoms with Crippen LogP contribution in [0.3, 0.4) is 0 Å². The topological polar surface area (TPSA) is 86.8 Å². The first-order valence-corrected chi connectivity index (χ1v) is 9.17. The smallest absolute Gasteiger partial charge is 0.341 e. The molecule has 0 radical (unpaired) electrons. The summed E-state index contributed by atoms with van der Waals surface area (Å²) in [5.74, 6) is 0.375. The van der Waals surface area contributed by atoms with Crippen molar-refractivity contribution < 1.29 is 23.8 Å². The number of carbonyl (C=O) groups excluding carboxylic acids is 2. The molecule has 1 aromatic heterocycles. The Labute approximate surface area is 155 Å². The highest BCUT2D eigenvalue weighted by Crippen LogP contribution is 2.32. The molecule has 0 spiro atoms. The molecular formula is C18H18N2O5S. The SMILES string of the molecule is CSc1ncccc1C(=O)O[C@H](C)C(=O)NCc1ccc2c(c1)OCO2. The number of esters is 1. The Bertz CT molecular complexity index is 827. The summed E-state index contributed by atoms with van der Waals surface area (Å²) < 4.78 is 15.8. The van der Waals surface area contributed by atoms with Gasteiger partial charge >= 0.3 is 5.97 Å². The van der Waals surface area contributed by atoms with Crippen LogP contribution >= 0.6 is 11.8 Å². The number of nitrogens with zero attached hydrogens (tertiary/aromatic N) is 1. The number of fused-ring (bicyclic) bond motifs is 1. The number of thioether (sulfide) groups is 1. The summed E-state index contributed by atoms with van der Waals surface area (Å²) in [5.41, 5.74) is 1.20. The number of hydrogen-bond acceptors (Lipinski definition) is 7. The molecule has 3 rings (SSSR count). The molecule has 0 unspecified atom stereocenters. The van der Waals surface area contributed by atoms with E-state index >= 15 is 0 Å². The van der Waals surface area contributed by atoms with Crippen molar-refractivity contribution in [3.8, 4) is 11.5 Å². The summed E-state index contributed by atoms with van der Waals surface area (Å²) >= 11 is 1.34. The van der Waals surface area contributed by atoms with E-state index in [2.05, 4.69) is 10.3 Å². The monoisotopic (exact) mass is 374 g/mol. The van der Waals surface area contributed by atoms with E-state index in [9.17, 15) is 9.59 Å². The fourth-order valence-electron chi connectivity index (χ4n) is 2.37. The maximum atomic E-state index is 12.3. The average Bonchev–Trinajstić information content (AvgIpc) is 3.13. The molecule has 2 aromatic rings. The van der Waals surface area contributed by atoms with E-state index < -0.39 is 12.1 Å². The second-order valence-corrected chi connectivity index (χ2v) is 6.31. The molecule has 1 N–H and O–H groups in total. The van der Waals surface area contributed by atoms with E-state index in [0.29, 0.717) is 28.6 Å². The van der Waals surface area contributed by atoms with Gasteiger partial charge in [0, 0.05) is 12.7 Å². The number of nitrogens with one attached hydrogen (secondary N) is 1. The minimum Gasteiger partial charge on any atom is -0.454 e. The first-order valence-electron chi connectivity index (χ1n) is 7.94. The van der Waals surface area contributed by atoms with E-state index in [4.69, 9.17) is 14.2 Å². The second kappa shape index (κ2) is 8.09. The molecule has 0 fully saturated rings. The normalized spacial score (nSPS) is 13.2. The lowest BCUT2D eigenvalue weighted by Crippen LogP contribution is -2.35. The zero-order chi connectivity index (χ0) is 18.5. The fourth-order valence-corrected chi connectivity index (χ4v) is 2.91. The number of aromatic nitrogens is 1. The molecule has 8 heteroatoms. The number of pyridine rings is 1. The third-order valence-electron chi connectivity index (χ3n) is 3.74. The minimum absolute atomic E-state index is 0.199. The molecule has 1 atom stereocenters. The number of rotatable bonds is 6. The first-order chi connectivity index (χ1) is 12.6. The van der Waals surface area contributed by atoms with Crippen LogP contribution in [0.1, 0.15) is 22.8 Å². The maximum Gasteiger partial charge on any atom is 0.341 e. The lowest BCUT2D eigenvalue weighted by atomic mass is 10.2. The van der Waals surface area contributed by atoms with Gasteiger partial charge in [-0.15, -0.1) is 11.8 Å². The minimum atomic E-state index is -0.925. The van der Waals surface area contributed by atoms with Gasteiger partial charge in [-0.05, 0) is 43.0 Å². The Hall–Kier alpha value is -2.74. The molecule has 1 amide bonds. The number of amides is 1. The van der Waals surface area contributed by atoms with Crippen LogP contribution in [0.2, 0.25) is 0 Å². The van der Waals surface area contributed by atoms with Crippen molar-refractivity contribution in [2.24, 2.45) is 0 Å². The summed E-state index contributed by atoms with van der Waals surface area (Å²) in [6.07, 6.45) is 2.50. The van der Waals surface area contributed by atoms with Crippen LogP contribution in [0.25, 0.3) is 0 Å². The van der Waals surface area contributed by atoms with E-state index in [1.54, 1.807) is 30.5 Å². The largest absolute Gasteiger partial charge is 0.454 e. The van der Waals surface area contributed by atoms with E-state index in [0.717, 1.165) is 5.56 Å². The van der Waals surface area contributed by atoms with Crippen molar-refractivity contribution in [2.75, 3.05) is 13.0 Å². The van der Waals surface area contributed by atoms with Crippen LogP contribution < -0.4 is 14.8 Å². The van der Waals surface area contributed by atoms with Crippen molar-refractivity contribution in [3.05, 3.63) is 47.7 Å². The van der Waals surface area contributed by atoms with Crippen LogP contribution in [-0.4, -0.2) is 36.0 Å². The molecule has 0 saturated carbocycles. The van der Waals surface area contributed by atoms with Gasteiger partial charge in [-0.2, -0.15) is 0 Å². The predicted molar refractivity (Wildman–Crippen MR) is 95.3 cm³/mol. The second-order valence-electron chi connectivity index (χ2n) is 5.51. The highest BCUT2D eigenvalue weighted by molar-refractivity contribution is 7.98. The zero-order valence-electron chi connectivity index (χ0n) is 14.4. The fraction of sp³-hybridized carbons (Fsp3) is 0.278. The number of ether oxygens (including phenoxy) is 3. The Morgan fingerprint density at radius 2 is 2.12 bits per heavy atom. The average molecular weight is 374 g/mol. The van der Waals surface area contributed by atoms with Gasteiger partial charge in [-0.25, -0.2) is 9.78 Å². The van der Waals surface area contributed by atoms with Crippen LogP contribution in [-0.2, 0) is 16.1 Å². The Balaban J connectivity index is 1.55. The van der Waals surface area contributed by atoms with Crippen molar-refractivity contribution >= 4 is 23.6 Å². The van der Waals surface area contributed by atoms with Gasteiger partial charge in [0.25, 0.3) is 5.91 Å². The van der Waals surface area contributed by atoms with Crippen molar-refractivity contribution in [1.29, 1.82) is 0 Å². The van der Waals surface area contributed by atoms with Gasteiger partial charge in [-0.1, -0.05) is 6.07 Å². The molecule has 136 valence electrons. The third-order valence-corrected chi connectivity index (χ3v) is 4.45. The number of benzene rings is 1. The third kappa shape index (κ3) is 4.08. The molecule has 1 aliphatic rings. The van der Waals surface area contributed by atoms with Gasteiger partial charge < -0.3 is 19.5 Å². The molecule has 7 nitrogen and oxygen atoms in total. The summed E-state index contributed by atoms with van der Waals surface area (Å²) in [4.78, 5) is 28.6. The molecular weight excluding hydrogens is 356 g/mol. The van der Waals surface area contributed by atoms with E-state index in [1.165, 1.54) is 18.7 Å². The van der Waals surface area contributed by atoms with E-state index in [1.807, 2.05) is 12.3 Å². The van der Waals surface area contributed by atoms with E-state index in [-0.39, 0.29) is 12.7 Å². The van der Waals surface area contributed by atoms with Crippen LogP contribution in [0.4, 0.5) is 0 Å². The lowest BCUT2D eigenvalue weighted by molar-refractivity contribution is -0.129.